The van der Waals surface area contributed by atoms with Crippen molar-refractivity contribution in [1.29, 1.82) is 0 Å². The molecule has 37 heavy (non-hydrogen) atoms. The van der Waals surface area contributed by atoms with Crippen LogP contribution in [0.25, 0.3) is 0 Å². The number of hydrogen-bond donors (Lipinski definition) is 1. The van der Waals surface area contributed by atoms with Gasteiger partial charge in [-0.05, 0) is 42.8 Å². The molecule has 0 unspecified atom stereocenters. The van der Waals surface area contributed by atoms with Crippen LogP contribution < -0.4 is 10.1 Å². The number of esters is 1. The van der Waals surface area contributed by atoms with Crippen molar-refractivity contribution < 1.29 is 28.8 Å². The number of nitrogens with one attached hydrogen (secondary N) is 1. The number of benzene rings is 3. The molecule has 0 spiro atoms. The molecule has 0 bridgehead atoms. The van der Waals surface area contributed by atoms with Gasteiger partial charge in [-0.3, -0.25) is 24.5 Å². The van der Waals surface area contributed by atoms with Crippen molar-refractivity contribution in [3.8, 4) is 5.75 Å². The van der Waals surface area contributed by atoms with E-state index in [1.807, 2.05) is 19.1 Å². The van der Waals surface area contributed by atoms with Crippen molar-refractivity contribution >= 4 is 35.1 Å². The molecule has 0 fully saturated rings. The van der Waals surface area contributed by atoms with Gasteiger partial charge in [0.1, 0.15) is 5.75 Å². The zero-order valence-corrected chi connectivity index (χ0v) is 20.1. The highest BCUT2D eigenvalue weighted by Crippen LogP contribution is 2.38. The molecule has 11 nitrogen and oxygen atoms in total. The van der Waals surface area contributed by atoms with E-state index in [2.05, 4.69) is 10.4 Å². The van der Waals surface area contributed by atoms with Crippen LogP contribution in [0.5, 0.6) is 5.75 Å². The third-order valence-electron chi connectivity index (χ3n) is 5.45. The molecule has 1 aliphatic heterocycles. The van der Waals surface area contributed by atoms with Gasteiger partial charge in [0.05, 0.1) is 10.5 Å². The summed E-state index contributed by atoms with van der Waals surface area (Å²) in [5.74, 6) is -1.43. The Morgan fingerprint density at radius 1 is 1.05 bits per heavy atom. The SMILES string of the molecule is CC(=O)Oc1ccc([N+](=O)[O-])cc1[C@H]1OC(c2cccc(NC(=O)c3ccccc3C)c2)=NN1C(C)=O. The summed E-state index contributed by atoms with van der Waals surface area (Å²) in [5, 5.41) is 19.5. The van der Waals surface area contributed by atoms with Crippen molar-refractivity contribution in [2.75, 3.05) is 5.32 Å². The third kappa shape index (κ3) is 5.45. The Labute approximate surface area is 211 Å². The first-order chi connectivity index (χ1) is 17.6. The zero-order chi connectivity index (χ0) is 26.7. The van der Waals surface area contributed by atoms with Crippen molar-refractivity contribution in [1.82, 2.24) is 5.01 Å². The van der Waals surface area contributed by atoms with E-state index in [0.29, 0.717) is 16.8 Å². The summed E-state index contributed by atoms with van der Waals surface area (Å²) in [6.45, 7) is 4.27. The fraction of sp³-hybridized carbons (Fsp3) is 0.154. The van der Waals surface area contributed by atoms with E-state index in [4.69, 9.17) is 9.47 Å². The van der Waals surface area contributed by atoms with Crippen molar-refractivity contribution in [3.63, 3.8) is 0 Å². The summed E-state index contributed by atoms with van der Waals surface area (Å²) < 4.78 is 11.2. The Kier molecular flexibility index (Phi) is 6.96. The lowest BCUT2D eigenvalue weighted by atomic mass is 10.1. The molecule has 2 amide bonds. The zero-order valence-electron chi connectivity index (χ0n) is 20.1. The number of carbonyl (C=O) groups is 3. The number of nitrogens with zero attached hydrogens (tertiary/aromatic N) is 3. The van der Waals surface area contributed by atoms with Gasteiger partial charge in [0.25, 0.3) is 11.6 Å². The van der Waals surface area contributed by atoms with Crippen molar-refractivity contribution in [2.24, 2.45) is 5.10 Å². The molecule has 1 aliphatic rings. The van der Waals surface area contributed by atoms with E-state index in [9.17, 15) is 24.5 Å². The van der Waals surface area contributed by atoms with E-state index in [0.717, 1.165) is 16.6 Å². The average Bonchev–Trinajstić information content (AvgIpc) is 3.30. The number of ether oxygens (including phenoxy) is 2. The van der Waals surface area contributed by atoms with Gasteiger partial charge in [-0.1, -0.05) is 24.3 Å². The fourth-order valence-corrected chi connectivity index (χ4v) is 3.73. The molecule has 188 valence electrons. The van der Waals surface area contributed by atoms with Gasteiger partial charge in [-0.2, -0.15) is 5.01 Å². The number of hydrogen-bond acceptors (Lipinski definition) is 8. The molecule has 1 heterocycles. The summed E-state index contributed by atoms with van der Waals surface area (Å²) in [5.41, 5.74) is 2.03. The van der Waals surface area contributed by atoms with Gasteiger partial charge in [0, 0.05) is 42.8 Å². The first-order valence-corrected chi connectivity index (χ1v) is 11.1. The summed E-state index contributed by atoms with van der Waals surface area (Å²) in [6, 6.07) is 17.4. The van der Waals surface area contributed by atoms with Gasteiger partial charge in [0.2, 0.25) is 18.0 Å². The number of aryl methyl sites for hydroxylation is 1. The Balaban J connectivity index is 1.65. The smallest absolute Gasteiger partial charge is 0.308 e. The predicted octanol–water partition coefficient (Wildman–Crippen LogP) is 4.32. The fourth-order valence-electron chi connectivity index (χ4n) is 3.73. The van der Waals surface area contributed by atoms with Crippen LogP contribution in [0.4, 0.5) is 11.4 Å². The minimum absolute atomic E-state index is 0.00922. The second kappa shape index (κ2) is 10.3. The number of rotatable bonds is 6. The molecule has 0 aliphatic carbocycles. The van der Waals surface area contributed by atoms with Crippen LogP contribution in [0.15, 0.2) is 71.8 Å². The summed E-state index contributed by atoms with van der Waals surface area (Å²) in [7, 11) is 0. The minimum Gasteiger partial charge on any atom is -0.446 e. The molecule has 1 N–H and O–H groups in total. The van der Waals surface area contributed by atoms with Gasteiger partial charge in [0.15, 0.2) is 0 Å². The second-order valence-electron chi connectivity index (χ2n) is 8.16. The Hall–Kier alpha value is -5.06. The lowest BCUT2D eigenvalue weighted by molar-refractivity contribution is -0.385. The van der Waals surface area contributed by atoms with Gasteiger partial charge in [-0.25, -0.2) is 0 Å². The van der Waals surface area contributed by atoms with Gasteiger partial charge in [-0.15, -0.1) is 5.10 Å². The standard InChI is InChI=1S/C26H22N4O7/c1-15-7-4-5-10-21(15)24(33)27-19-9-6-8-18(13-19)25-28-29(16(2)31)26(37-25)22-14-20(30(34)35)11-12-23(22)36-17(3)32/h4-14,26H,1-3H3,(H,27,33)/t26-/m1/s1. The molecular weight excluding hydrogens is 480 g/mol. The summed E-state index contributed by atoms with van der Waals surface area (Å²) in [6.07, 6.45) is -1.23. The van der Waals surface area contributed by atoms with Crippen molar-refractivity contribution in [2.45, 2.75) is 27.0 Å². The highest BCUT2D eigenvalue weighted by molar-refractivity contribution is 6.06. The van der Waals surface area contributed by atoms with Crippen molar-refractivity contribution in [3.05, 3.63) is 99.1 Å². The number of non-ortho nitro benzene ring substituents is 1. The quantitative estimate of drug-likeness (QED) is 0.229. The first kappa shape index (κ1) is 25.0. The molecule has 0 radical (unpaired) electrons. The van der Waals surface area contributed by atoms with Gasteiger partial charge >= 0.3 is 5.97 Å². The highest BCUT2D eigenvalue weighted by atomic mass is 16.6. The molecule has 11 heteroatoms. The minimum atomic E-state index is -1.23. The lowest BCUT2D eigenvalue weighted by Gasteiger charge is -2.21. The van der Waals surface area contributed by atoms with E-state index in [1.54, 1.807) is 36.4 Å². The number of carbonyl (C=O) groups excluding carboxylic acids is 3. The second-order valence-corrected chi connectivity index (χ2v) is 8.16. The van der Waals surface area contributed by atoms with E-state index in [1.165, 1.54) is 26.0 Å². The Morgan fingerprint density at radius 2 is 1.81 bits per heavy atom. The number of amides is 2. The number of anilines is 1. The maximum Gasteiger partial charge on any atom is 0.308 e. The third-order valence-corrected chi connectivity index (χ3v) is 5.45. The Bertz CT molecular complexity index is 1450. The normalized spacial score (nSPS) is 14.4. The number of nitro benzene ring substituents is 1. The van der Waals surface area contributed by atoms with E-state index in [-0.39, 0.29) is 28.8 Å². The van der Waals surface area contributed by atoms with Gasteiger partial charge < -0.3 is 14.8 Å². The number of nitro groups is 1. The van der Waals surface area contributed by atoms with Crippen LogP contribution in [-0.4, -0.2) is 33.6 Å². The van der Waals surface area contributed by atoms with Crippen LogP contribution in [0.1, 0.15) is 47.1 Å². The topological polar surface area (TPSA) is 140 Å². The maximum absolute atomic E-state index is 12.7. The summed E-state index contributed by atoms with van der Waals surface area (Å²) in [4.78, 5) is 47.5. The molecule has 0 aromatic heterocycles. The predicted molar refractivity (Wildman–Crippen MR) is 133 cm³/mol. The molecule has 0 saturated heterocycles. The van der Waals surface area contributed by atoms with E-state index >= 15 is 0 Å². The highest BCUT2D eigenvalue weighted by Gasteiger charge is 2.36. The maximum atomic E-state index is 12.7. The monoisotopic (exact) mass is 502 g/mol. The average molecular weight is 502 g/mol. The molecule has 3 aromatic rings. The summed E-state index contributed by atoms with van der Waals surface area (Å²) >= 11 is 0. The molecule has 4 rings (SSSR count). The van der Waals surface area contributed by atoms with Crippen LogP contribution in [0, 0.1) is 17.0 Å². The first-order valence-electron chi connectivity index (χ1n) is 11.1. The molecular formula is C26H22N4O7. The van der Waals surface area contributed by atoms with Crippen LogP contribution in [0.3, 0.4) is 0 Å². The van der Waals surface area contributed by atoms with Crippen LogP contribution >= 0.6 is 0 Å². The Morgan fingerprint density at radius 3 is 2.49 bits per heavy atom. The molecule has 3 aromatic carbocycles. The lowest BCUT2D eigenvalue weighted by Crippen LogP contribution is -2.26. The largest absolute Gasteiger partial charge is 0.446 e. The number of hydrazone groups is 1. The molecule has 1 atom stereocenters. The van der Waals surface area contributed by atoms with E-state index < -0.39 is 23.0 Å². The van der Waals surface area contributed by atoms with Crippen LogP contribution in [-0.2, 0) is 14.3 Å². The molecule has 0 saturated carbocycles. The van der Waals surface area contributed by atoms with Crippen LogP contribution in [0.2, 0.25) is 0 Å².